The molecule has 0 spiro atoms. The summed E-state index contributed by atoms with van der Waals surface area (Å²) in [5.74, 6) is 1.06. The summed E-state index contributed by atoms with van der Waals surface area (Å²) in [5.41, 5.74) is 7.80. The Balaban J connectivity index is 1.29. The minimum atomic E-state index is -0.783. The van der Waals surface area contributed by atoms with Gasteiger partial charge in [-0.15, -0.1) is 0 Å². The van der Waals surface area contributed by atoms with Crippen LogP contribution in [0, 0.1) is 27.4 Å². The van der Waals surface area contributed by atoms with Gasteiger partial charge in [-0.2, -0.15) is 5.10 Å². The lowest BCUT2D eigenvalue weighted by Gasteiger charge is -2.36. The Morgan fingerprint density at radius 3 is 2.42 bits per heavy atom. The van der Waals surface area contributed by atoms with Gasteiger partial charge in [0.15, 0.2) is 5.82 Å². The van der Waals surface area contributed by atoms with E-state index in [4.69, 9.17) is 30.7 Å². The van der Waals surface area contributed by atoms with Crippen molar-refractivity contribution >= 4 is 29.5 Å². The van der Waals surface area contributed by atoms with E-state index in [1.807, 2.05) is 59.3 Å². The summed E-state index contributed by atoms with van der Waals surface area (Å²) in [6.45, 7) is 6.57. The van der Waals surface area contributed by atoms with Gasteiger partial charge in [0.25, 0.3) is 5.69 Å². The quantitative estimate of drug-likeness (QED) is 0.0399. The van der Waals surface area contributed by atoms with E-state index in [0.717, 1.165) is 69.7 Å². The molecule has 2 atom stereocenters. The van der Waals surface area contributed by atoms with Gasteiger partial charge in [0.1, 0.15) is 28.8 Å². The second-order valence-corrected chi connectivity index (χ2v) is 12.8. The van der Waals surface area contributed by atoms with Crippen LogP contribution < -0.4 is 20.5 Å². The molecule has 260 valence electrons. The van der Waals surface area contributed by atoms with Crippen molar-refractivity contribution in [1.29, 1.82) is 5.41 Å². The Morgan fingerprint density at radius 2 is 1.74 bits per heavy atom. The van der Waals surface area contributed by atoms with E-state index >= 15 is 0 Å². The topological polar surface area (TPSA) is 174 Å². The fraction of sp³-hybridized carbons (Fsp3) is 0.351. The van der Waals surface area contributed by atoms with Crippen LogP contribution in [-0.2, 0) is 4.79 Å². The third-order valence-corrected chi connectivity index (χ3v) is 9.12. The molecule has 4 N–H and O–H groups in total. The number of piperidine rings is 2. The van der Waals surface area contributed by atoms with Gasteiger partial charge in [0.05, 0.1) is 22.4 Å². The van der Waals surface area contributed by atoms with E-state index in [1.165, 1.54) is 30.5 Å². The molecule has 50 heavy (non-hydrogen) atoms. The van der Waals surface area contributed by atoms with Crippen molar-refractivity contribution in [2.75, 3.05) is 32.7 Å². The Hall–Kier alpha value is -5.40. The lowest BCUT2D eigenvalue weighted by Crippen LogP contribution is -2.42. The molecule has 0 amide bonds. The first-order valence-corrected chi connectivity index (χ1v) is 17.0. The molecular weight excluding hydrogens is 636 g/mol. The van der Waals surface area contributed by atoms with Crippen molar-refractivity contribution in [1.82, 2.24) is 20.0 Å². The molecule has 1 unspecified atom stereocenters. The molecule has 13 heteroatoms. The molecule has 2 aliphatic heterocycles. The average Bonchev–Trinajstić information content (AvgIpc) is 3.52. The van der Waals surface area contributed by atoms with Gasteiger partial charge in [-0.25, -0.2) is 9.67 Å². The molecule has 3 aromatic carbocycles. The van der Waals surface area contributed by atoms with Gasteiger partial charge in [0.2, 0.25) is 0 Å². The van der Waals surface area contributed by atoms with Crippen molar-refractivity contribution in [3.05, 3.63) is 94.5 Å². The number of para-hydroxylation sites is 1. The van der Waals surface area contributed by atoms with Crippen LogP contribution in [0.1, 0.15) is 44.2 Å². The summed E-state index contributed by atoms with van der Waals surface area (Å²) < 4.78 is 13.3. The second kappa shape index (κ2) is 15.9. The molecule has 2 aliphatic rings. The number of nitrogen functional groups attached to an aromatic ring is 1. The number of hydrogen-bond donors (Lipinski definition) is 3. The summed E-state index contributed by atoms with van der Waals surface area (Å²) in [6.07, 6.45) is 5.67. The Kier molecular flexibility index (Phi) is 10.9. The first-order valence-electron chi connectivity index (χ1n) is 17.0. The lowest BCUT2D eigenvalue weighted by atomic mass is 9.96. The number of nitrogens with zero attached hydrogens (tertiary/aromatic N) is 5. The van der Waals surface area contributed by atoms with Crippen LogP contribution in [0.4, 0.5) is 11.5 Å². The van der Waals surface area contributed by atoms with Crippen LogP contribution in [0.5, 0.6) is 17.2 Å². The third kappa shape index (κ3) is 8.41. The van der Waals surface area contributed by atoms with E-state index in [9.17, 15) is 14.9 Å². The highest BCUT2D eigenvalue weighted by Gasteiger charge is 2.30. The van der Waals surface area contributed by atoms with E-state index in [0.29, 0.717) is 28.7 Å². The number of hydrogen-bond acceptors (Lipinski definition) is 10. The van der Waals surface area contributed by atoms with Gasteiger partial charge >= 0.3 is 5.97 Å². The number of nitro groups is 1. The maximum absolute atomic E-state index is 13.0. The van der Waals surface area contributed by atoms with Gasteiger partial charge < -0.3 is 25.4 Å². The number of rotatable bonds is 12. The number of esters is 1. The average molecular weight is 679 g/mol. The van der Waals surface area contributed by atoms with Crippen molar-refractivity contribution in [2.24, 2.45) is 22.6 Å². The zero-order valence-corrected chi connectivity index (χ0v) is 28.0. The van der Waals surface area contributed by atoms with Gasteiger partial charge in [-0.1, -0.05) is 18.2 Å². The first kappa shape index (κ1) is 34.5. The third-order valence-electron chi connectivity index (χ3n) is 9.12. The van der Waals surface area contributed by atoms with E-state index in [1.54, 1.807) is 6.92 Å². The predicted octanol–water partition coefficient (Wildman–Crippen LogP) is 6.12. The van der Waals surface area contributed by atoms with E-state index in [2.05, 4.69) is 10.2 Å². The van der Waals surface area contributed by atoms with Crippen molar-refractivity contribution in [3.8, 4) is 28.5 Å². The monoisotopic (exact) mass is 678 g/mol. The number of nitro benzene ring substituents is 1. The number of carbonyl (C=O) groups is 1. The number of ether oxygens (including phenoxy) is 2. The molecule has 0 aliphatic carbocycles. The molecule has 0 saturated carbocycles. The predicted molar refractivity (Wildman–Crippen MR) is 192 cm³/mol. The highest BCUT2D eigenvalue weighted by atomic mass is 16.6. The van der Waals surface area contributed by atoms with Crippen molar-refractivity contribution in [3.63, 3.8) is 0 Å². The van der Waals surface area contributed by atoms with Crippen LogP contribution in [0.15, 0.2) is 83.9 Å². The number of likely N-dealkylation sites (tertiary alicyclic amines) is 1. The maximum atomic E-state index is 13.0. The zero-order chi connectivity index (χ0) is 35.0. The minimum Gasteiger partial charge on any atom is -0.457 e. The number of nitrogens with one attached hydrogen (secondary N) is 2. The van der Waals surface area contributed by atoms with E-state index < -0.39 is 16.8 Å². The summed E-state index contributed by atoms with van der Waals surface area (Å²) in [5, 5.41) is 28.1. The van der Waals surface area contributed by atoms with Crippen molar-refractivity contribution < 1.29 is 19.2 Å². The largest absolute Gasteiger partial charge is 0.457 e. The molecule has 3 heterocycles. The number of aromatic nitrogens is 2. The highest BCUT2D eigenvalue weighted by Crippen LogP contribution is 2.36. The molecule has 2 fully saturated rings. The van der Waals surface area contributed by atoms with Crippen LogP contribution in [0.2, 0.25) is 0 Å². The first-order chi connectivity index (χ1) is 24.2. The summed E-state index contributed by atoms with van der Waals surface area (Å²) >= 11 is 0. The highest BCUT2D eigenvalue weighted by molar-refractivity contribution is 6.05. The van der Waals surface area contributed by atoms with Crippen molar-refractivity contribution in [2.45, 2.75) is 38.6 Å². The summed E-state index contributed by atoms with van der Waals surface area (Å²) in [7, 11) is 0. The smallest absolute Gasteiger partial charge is 0.319 e. The SMILES string of the molecule is CC(C=Nc1c(C(=N)N)c(-c2ccc(Oc3ccccc3)cc2)nn1[C@@H]1CCCN(CC2CCNCC2)C1)C(=O)Oc1ccc([N+](=O)[O-])cc1. The molecule has 0 bridgehead atoms. The number of aliphatic imine (C=N–C) groups is 1. The van der Waals surface area contributed by atoms with Crippen LogP contribution in [0.25, 0.3) is 11.3 Å². The molecule has 2 saturated heterocycles. The van der Waals surface area contributed by atoms with E-state index in [-0.39, 0.29) is 23.3 Å². The molecule has 0 radical (unpaired) electrons. The van der Waals surface area contributed by atoms with Crippen LogP contribution in [0.3, 0.4) is 0 Å². The molecular formula is C37H42N8O5. The number of amidine groups is 1. The number of benzene rings is 3. The molecule has 4 aromatic rings. The molecule has 13 nitrogen and oxygen atoms in total. The zero-order valence-electron chi connectivity index (χ0n) is 28.0. The Morgan fingerprint density at radius 1 is 1.06 bits per heavy atom. The maximum Gasteiger partial charge on any atom is 0.319 e. The van der Waals surface area contributed by atoms with Crippen LogP contribution >= 0.6 is 0 Å². The molecule has 1 aromatic heterocycles. The lowest BCUT2D eigenvalue weighted by molar-refractivity contribution is -0.384. The normalized spacial score (nSPS) is 17.7. The number of nitrogens with two attached hydrogens (primary N) is 1. The summed E-state index contributed by atoms with van der Waals surface area (Å²) in [6, 6.07) is 22.3. The van der Waals surface area contributed by atoms with Crippen LogP contribution in [-0.4, -0.2) is 70.3 Å². The summed E-state index contributed by atoms with van der Waals surface area (Å²) in [4.78, 5) is 30.8. The van der Waals surface area contributed by atoms with Gasteiger partial charge in [0, 0.05) is 37.0 Å². The Bertz CT molecular complexity index is 1820. The van der Waals surface area contributed by atoms with Gasteiger partial charge in [-0.05, 0) is 107 Å². The standard InChI is InChI=1S/C37H42N8O5/c1-25(37(46)50-32-15-11-28(12-16-32)45(47)48)22-41-36-33(35(38)39)34(27-9-13-31(14-10-27)49-30-7-3-2-4-8-30)42-44(36)29-6-5-21-43(24-29)23-26-17-19-40-20-18-26/h2-4,7-16,22,25-26,29,40H,5-6,17-21,23-24H2,1H3,(H3,38,39)/t25?,29-/m1/s1. The number of carbonyl (C=O) groups excluding carboxylic acids is 1. The fourth-order valence-electron chi connectivity index (χ4n) is 6.47. The Labute approximate surface area is 290 Å². The second-order valence-electron chi connectivity index (χ2n) is 12.8. The molecule has 6 rings (SSSR count). The van der Waals surface area contributed by atoms with Gasteiger partial charge in [-0.3, -0.25) is 20.3 Å². The number of non-ortho nitro benzene ring substituents is 1. The minimum absolute atomic E-state index is 0.0208. The fourth-order valence-corrected chi connectivity index (χ4v) is 6.47.